The highest BCUT2D eigenvalue weighted by atomic mass is 32.1. The van der Waals surface area contributed by atoms with E-state index in [0.717, 1.165) is 29.2 Å². The maximum atomic E-state index is 8.90. The van der Waals surface area contributed by atoms with E-state index in [4.69, 9.17) is 5.26 Å². The Morgan fingerprint density at radius 2 is 2.50 bits per heavy atom. The van der Waals surface area contributed by atoms with Crippen LogP contribution in [-0.2, 0) is 6.42 Å². The van der Waals surface area contributed by atoms with Gasteiger partial charge < -0.3 is 4.98 Å². The lowest BCUT2D eigenvalue weighted by atomic mass is 10.1. The first kappa shape index (κ1) is 10.9. The van der Waals surface area contributed by atoms with Gasteiger partial charge in [-0.15, -0.1) is 11.3 Å². The SMILES string of the molecule is CCC(C#N)Cc1nc(-c2ccc[nH]2)cs1. The fourth-order valence-electron chi connectivity index (χ4n) is 1.51. The summed E-state index contributed by atoms with van der Waals surface area (Å²) in [6, 6.07) is 6.26. The van der Waals surface area contributed by atoms with Crippen molar-refractivity contribution in [2.45, 2.75) is 19.8 Å². The predicted octanol–water partition coefficient (Wildman–Crippen LogP) is 3.23. The molecule has 16 heavy (non-hydrogen) atoms. The molecule has 0 spiro atoms. The molecule has 0 bridgehead atoms. The van der Waals surface area contributed by atoms with E-state index in [-0.39, 0.29) is 5.92 Å². The smallest absolute Gasteiger partial charge is 0.0976 e. The average molecular weight is 231 g/mol. The lowest BCUT2D eigenvalue weighted by molar-refractivity contribution is 0.636. The molecule has 0 aliphatic heterocycles. The Hall–Kier alpha value is -1.60. The quantitative estimate of drug-likeness (QED) is 0.878. The summed E-state index contributed by atoms with van der Waals surface area (Å²) < 4.78 is 0. The number of rotatable bonds is 4. The van der Waals surface area contributed by atoms with Crippen LogP contribution >= 0.6 is 11.3 Å². The van der Waals surface area contributed by atoms with Crippen molar-refractivity contribution in [1.82, 2.24) is 9.97 Å². The normalized spacial score (nSPS) is 12.2. The highest BCUT2D eigenvalue weighted by Crippen LogP contribution is 2.22. The third kappa shape index (κ3) is 2.31. The fraction of sp³-hybridized carbons (Fsp3) is 0.333. The van der Waals surface area contributed by atoms with Crippen LogP contribution in [-0.4, -0.2) is 9.97 Å². The lowest BCUT2D eigenvalue weighted by Crippen LogP contribution is -1.99. The van der Waals surface area contributed by atoms with Crippen LogP contribution in [0, 0.1) is 17.2 Å². The van der Waals surface area contributed by atoms with Gasteiger partial charge in [0.1, 0.15) is 0 Å². The van der Waals surface area contributed by atoms with Gasteiger partial charge in [0, 0.05) is 18.0 Å². The molecule has 0 radical (unpaired) electrons. The largest absolute Gasteiger partial charge is 0.360 e. The van der Waals surface area contributed by atoms with Gasteiger partial charge in [0.15, 0.2) is 0 Å². The number of nitrogens with zero attached hydrogens (tertiary/aromatic N) is 2. The summed E-state index contributed by atoms with van der Waals surface area (Å²) in [6.07, 6.45) is 3.53. The molecule has 1 atom stereocenters. The molecule has 4 heteroatoms. The monoisotopic (exact) mass is 231 g/mol. The van der Waals surface area contributed by atoms with E-state index in [1.807, 2.05) is 30.6 Å². The molecule has 1 unspecified atom stereocenters. The number of aromatic nitrogens is 2. The second-order valence-corrected chi connectivity index (χ2v) is 4.59. The van der Waals surface area contributed by atoms with Gasteiger partial charge >= 0.3 is 0 Å². The number of nitrogens with one attached hydrogen (secondary N) is 1. The van der Waals surface area contributed by atoms with Crippen LogP contribution in [0.25, 0.3) is 11.4 Å². The molecule has 0 saturated carbocycles. The molecule has 0 fully saturated rings. The van der Waals surface area contributed by atoms with Gasteiger partial charge in [-0.05, 0) is 18.6 Å². The molecule has 0 aliphatic rings. The summed E-state index contributed by atoms with van der Waals surface area (Å²) >= 11 is 1.62. The Balaban J connectivity index is 2.12. The summed E-state index contributed by atoms with van der Waals surface area (Å²) in [5.41, 5.74) is 2.00. The van der Waals surface area contributed by atoms with E-state index in [9.17, 15) is 0 Å². The van der Waals surface area contributed by atoms with E-state index in [2.05, 4.69) is 16.0 Å². The van der Waals surface area contributed by atoms with Gasteiger partial charge in [0.2, 0.25) is 0 Å². The predicted molar refractivity (Wildman–Crippen MR) is 65.0 cm³/mol. The first-order chi connectivity index (χ1) is 7.83. The van der Waals surface area contributed by atoms with Gasteiger partial charge in [-0.25, -0.2) is 4.98 Å². The lowest BCUT2D eigenvalue weighted by Gasteiger charge is -2.00. The van der Waals surface area contributed by atoms with Crippen molar-refractivity contribution in [1.29, 1.82) is 5.26 Å². The molecule has 2 heterocycles. The van der Waals surface area contributed by atoms with E-state index in [1.165, 1.54) is 0 Å². The molecular formula is C12H13N3S. The van der Waals surface area contributed by atoms with E-state index < -0.39 is 0 Å². The van der Waals surface area contributed by atoms with E-state index >= 15 is 0 Å². The Bertz CT molecular complexity index is 479. The van der Waals surface area contributed by atoms with Gasteiger partial charge in [0.25, 0.3) is 0 Å². The Morgan fingerprint density at radius 3 is 3.12 bits per heavy atom. The first-order valence-electron chi connectivity index (χ1n) is 5.31. The van der Waals surface area contributed by atoms with Crippen molar-refractivity contribution in [3.05, 3.63) is 28.7 Å². The second kappa shape index (κ2) is 4.95. The van der Waals surface area contributed by atoms with Crippen LogP contribution in [0.1, 0.15) is 18.4 Å². The first-order valence-corrected chi connectivity index (χ1v) is 6.19. The van der Waals surface area contributed by atoms with Crippen molar-refractivity contribution in [2.24, 2.45) is 5.92 Å². The number of aromatic amines is 1. The molecule has 82 valence electrons. The van der Waals surface area contributed by atoms with E-state index in [0.29, 0.717) is 0 Å². The topological polar surface area (TPSA) is 52.5 Å². The molecule has 2 rings (SSSR count). The zero-order valence-corrected chi connectivity index (χ0v) is 9.92. The van der Waals surface area contributed by atoms with Gasteiger partial charge in [-0.3, -0.25) is 0 Å². The summed E-state index contributed by atoms with van der Waals surface area (Å²) in [5.74, 6) is 0.0858. The van der Waals surface area contributed by atoms with Gasteiger partial charge in [0.05, 0.1) is 28.4 Å². The van der Waals surface area contributed by atoms with Crippen LogP contribution in [0.4, 0.5) is 0 Å². The van der Waals surface area contributed by atoms with Crippen LogP contribution in [0.15, 0.2) is 23.7 Å². The maximum absolute atomic E-state index is 8.90. The molecule has 2 aromatic rings. The Kier molecular flexibility index (Phi) is 3.37. The third-order valence-electron chi connectivity index (χ3n) is 2.52. The summed E-state index contributed by atoms with van der Waals surface area (Å²) in [5, 5.41) is 12.0. The number of thiazole rings is 1. The van der Waals surface area contributed by atoms with E-state index in [1.54, 1.807) is 11.3 Å². The van der Waals surface area contributed by atoms with Crippen LogP contribution in [0.2, 0.25) is 0 Å². The zero-order valence-electron chi connectivity index (χ0n) is 9.10. The van der Waals surface area contributed by atoms with Crippen LogP contribution in [0.3, 0.4) is 0 Å². The van der Waals surface area contributed by atoms with Gasteiger partial charge in [-0.2, -0.15) is 5.26 Å². The Labute approximate surface area is 98.8 Å². The minimum atomic E-state index is 0.0858. The van der Waals surface area contributed by atoms with Gasteiger partial charge in [-0.1, -0.05) is 6.92 Å². The fourth-order valence-corrected chi connectivity index (χ4v) is 2.39. The molecule has 0 aliphatic carbocycles. The zero-order chi connectivity index (χ0) is 11.4. The number of hydrogen-bond donors (Lipinski definition) is 1. The van der Waals surface area contributed by atoms with Crippen LogP contribution in [0.5, 0.6) is 0 Å². The Morgan fingerprint density at radius 1 is 1.62 bits per heavy atom. The molecular weight excluding hydrogens is 218 g/mol. The molecule has 2 aromatic heterocycles. The van der Waals surface area contributed by atoms with Crippen molar-refractivity contribution >= 4 is 11.3 Å². The molecule has 0 saturated heterocycles. The summed E-state index contributed by atoms with van der Waals surface area (Å²) in [7, 11) is 0. The molecule has 1 N–H and O–H groups in total. The highest BCUT2D eigenvalue weighted by Gasteiger charge is 2.10. The standard InChI is InChI=1S/C12H13N3S/c1-2-9(7-13)6-12-15-11(8-16-12)10-4-3-5-14-10/h3-5,8-9,14H,2,6H2,1H3. The molecule has 3 nitrogen and oxygen atoms in total. The molecule has 0 amide bonds. The second-order valence-electron chi connectivity index (χ2n) is 3.65. The number of H-pyrrole nitrogens is 1. The van der Waals surface area contributed by atoms with Crippen LogP contribution < -0.4 is 0 Å². The summed E-state index contributed by atoms with van der Waals surface area (Å²) in [6.45, 7) is 2.04. The van der Waals surface area contributed by atoms with Crippen molar-refractivity contribution in [3.63, 3.8) is 0 Å². The highest BCUT2D eigenvalue weighted by molar-refractivity contribution is 7.09. The van der Waals surface area contributed by atoms with Crippen molar-refractivity contribution in [3.8, 4) is 17.5 Å². The van der Waals surface area contributed by atoms with Crippen molar-refractivity contribution < 1.29 is 0 Å². The molecule has 0 aromatic carbocycles. The number of hydrogen-bond acceptors (Lipinski definition) is 3. The average Bonchev–Trinajstić information content (AvgIpc) is 2.96. The number of nitriles is 1. The van der Waals surface area contributed by atoms with Crippen molar-refractivity contribution in [2.75, 3.05) is 0 Å². The maximum Gasteiger partial charge on any atom is 0.0976 e. The third-order valence-corrected chi connectivity index (χ3v) is 3.39. The minimum absolute atomic E-state index is 0.0858. The summed E-state index contributed by atoms with van der Waals surface area (Å²) in [4.78, 5) is 7.65. The minimum Gasteiger partial charge on any atom is -0.360 e.